The van der Waals surface area contributed by atoms with E-state index in [1.807, 2.05) is 56.8 Å². The molecule has 2 rings (SSSR count). The molecule has 0 unspecified atom stereocenters. The zero-order valence-electron chi connectivity index (χ0n) is 12.0. The molecule has 0 saturated heterocycles. The molecule has 19 heavy (non-hydrogen) atoms. The van der Waals surface area contributed by atoms with E-state index >= 15 is 0 Å². The second kappa shape index (κ2) is 5.13. The number of ketones is 1. The summed E-state index contributed by atoms with van der Waals surface area (Å²) in [6.07, 6.45) is 0.362. The Bertz CT molecular complexity index is 598. The second-order valence-corrected chi connectivity index (χ2v) is 5.34. The van der Waals surface area contributed by atoms with Crippen LogP contribution < -0.4 is 5.32 Å². The topological polar surface area (TPSA) is 46.9 Å². The van der Waals surface area contributed by atoms with Gasteiger partial charge in [0, 0.05) is 12.4 Å². The monoisotopic (exact) mass is 259 g/mol. The van der Waals surface area contributed by atoms with Gasteiger partial charge in [-0.15, -0.1) is 0 Å². The number of likely N-dealkylation sites (N-methyl/N-ethyl adjacent to an activating group) is 1. The molecule has 0 aliphatic heterocycles. The minimum Gasteiger partial charge on any atom is -0.306 e. The fourth-order valence-electron chi connectivity index (χ4n) is 2.33. The Morgan fingerprint density at radius 3 is 2.74 bits per heavy atom. The standard InChI is InChI=1S/C15H21N3O/c1-5-16-15(2,3)14(19)10-12-11-8-6-7-9-13(11)18(4)17-12/h6-9,16H,5,10H2,1-4H3. The molecule has 1 aromatic carbocycles. The van der Waals surface area contributed by atoms with Crippen LogP contribution in [0.2, 0.25) is 0 Å². The summed E-state index contributed by atoms with van der Waals surface area (Å²) in [4.78, 5) is 12.4. The largest absolute Gasteiger partial charge is 0.306 e. The molecule has 0 saturated carbocycles. The van der Waals surface area contributed by atoms with Crippen LogP contribution in [0.4, 0.5) is 0 Å². The summed E-state index contributed by atoms with van der Waals surface area (Å²) in [6.45, 7) is 6.63. The number of para-hydroxylation sites is 1. The highest BCUT2D eigenvalue weighted by Crippen LogP contribution is 2.19. The lowest BCUT2D eigenvalue weighted by atomic mass is 9.94. The van der Waals surface area contributed by atoms with Gasteiger partial charge in [0.1, 0.15) is 0 Å². The minimum absolute atomic E-state index is 0.165. The van der Waals surface area contributed by atoms with Gasteiger partial charge in [-0.3, -0.25) is 9.48 Å². The van der Waals surface area contributed by atoms with Gasteiger partial charge in [-0.1, -0.05) is 25.1 Å². The van der Waals surface area contributed by atoms with Crippen molar-refractivity contribution in [2.24, 2.45) is 7.05 Å². The molecule has 0 atom stereocenters. The van der Waals surface area contributed by atoms with Crippen LogP contribution in [0.1, 0.15) is 26.5 Å². The first-order chi connectivity index (χ1) is 8.95. The van der Waals surface area contributed by atoms with Gasteiger partial charge in [0.2, 0.25) is 0 Å². The van der Waals surface area contributed by atoms with E-state index in [2.05, 4.69) is 10.4 Å². The Kier molecular flexibility index (Phi) is 3.71. The Labute approximate surface area is 113 Å². The molecule has 0 spiro atoms. The van der Waals surface area contributed by atoms with Crippen LogP contribution in [0.5, 0.6) is 0 Å². The van der Waals surface area contributed by atoms with Crippen LogP contribution in [-0.4, -0.2) is 27.6 Å². The van der Waals surface area contributed by atoms with Crippen molar-refractivity contribution in [3.05, 3.63) is 30.0 Å². The quantitative estimate of drug-likeness (QED) is 0.894. The summed E-state index contributed by atoms with van der Waals surface area (Å²) in [5.74, 6) is 0.165. The molecule has 1 aromatic heterocycles. The average molecular weight is 259 g/mol. The Balaban J connectivity index is 2.29. The van der Waals surface area contributed by atoms with Crippen molar-refractivity contribution in [3.8, 4) is 0 Å². The van der Waals surface area contributed by atoms with Crippen LogP contribution in [-0.2, 0) is 18.3 Å². The molecule has 1 N–H and O–H groups in total. The van der Waals surface area contributed by atoms with Crippen LogP contribution >= 0.6 is 0 Å². The molecule has 4 heteroatoms. The highest BCUT2D eigenvalue weighted by molar-refractivity contribution is 5.93. The van der Waals surface area contributed by atoms with Crippen LogP contribution in [0.3, 0.4) is 0 Å². The molecular weight excluding hydrogens is 238 g/mol. The molecule has 4 nitrogen and oxygen atoms in total. The minimum atomic E-state index is -0.507. The fourth-order valence-corrected chi connectivity index (χ4v) is 2.33. The van der Waals surface area contributed by atoms with E-state index in [9.17, 15) is 4.79 Å². The average Bonchev–Trinajstić information content (AvgIpc) is 2.67. The number of carbonyl (C=O) groups is 1. The van der Waals surface area contributed by atoms with Crippen LogP contribution in [0.15, 0.2) is 24.3 Å². The number of aromatic nitrogens is 2. The number of Topliss-reactive ketones (excluding diaryl/α,β-unsaturated/α-hetero) is 1. The van der Waals surface area contributed by atoms with Gasteiger partial charge in [0.15, 0.2) is 5.78 Å². The third-order valence-electron chi connectivity index (χ3n) is 3.48. The summed E-state index contributed by atoms with van der Waals surface area (Å²) in [7, 11) is 1.91. The van der Waals surface area contributed by atoms with Gasteiger partial charge in [0.05, 0.1) is 23.2 Å². The van der Waals surface area contributed by atoms with Crippen molar-refractivity contribution in [1.82, 2.24) is 15.1 Å². The van der Waals surface area contributed by atoms with Gasteiger partial charge in [-0.05, 0) is 26.5 Å². The van der Waals surface area contributed by atoms with Gasteiger partial charge in [0.25, 0.3) is 0 Å². The van der Waals surface area contributed by atoms with Gasteiger partial charge in [-0.25, -0.2) is 0 Å². The fraction of sp³-hybridized carbons (Fsp3) is 0.467. The van der Waals surface area contributed by atoms with Crippen LogP contribution in [0, 0.1) is 0 Å². The van der Waals surface area contributed by atoms with E-state index in [1.54, 1.807) is 0 Å². The predicted molar refractivity (Wildman–Crippen MR) is 77.2 cm³/mol. The highest BCUT2D eigenvalue weighted by atomic mass is 16.1. The van der Waals surface area contributed by atoms with E-state index in [0.29, 0.717) is 6.42 Å². The Morgan fingerprint density at radius 2 is 2.05 bits per heavy atom. The van der Waals surface area contributed by atoms with Crippen molar-refractivity contribution in [2.45, 2.75) is 32.7 Å². The maximum atomic E-state index is 12.4. The molecule has 1 heterocycles. The Hall–Kier alpha value is -1.68. The lowest BCUT2D eigenvalue weighted by Gasteiger charge is -2.23. The first-order valence-electron chi connectivity index (χ1n) is 6.64. The van der Waals surface area contributed by atoms with Crippen molar-refractivity contribution in [2.75, 3.05) is 6.54 Å². The SMILES string of the molecule is CCNC(C)(C)C(=O)Cc1nn(C)c2ccccc12. The zero-order chi connectivity index (χ0) is 14.0. The van der Waals surface area contributed by atoms with E-state index in [1.165, 1.54) is 0 Å². The van der Waals surface area contributed by atoms with E-state index in [0.717, 1.165) is 23.1 Å². The number of benzene rings is 1. The van der Waals surface area contributed by atoms with E-state index in [-0.39, 0.29) is 5.78 Å². The van der Waals surface area contributed by atoms with Crippen molar-refractivity contribution in [3.63, 3.8) is 0 Å². The molecule has 2 aromatic rings. The first kappa shape index (κ1) is 13.7. The van der Waals surface area contributed by atoms with E-state index < -0.39 is 5.54 Å². The zero-order valence-corrected chi connectivity index (χ0v) is 12.0. The number of hydrogen-bond donors (Lipinski definition) is 1. The highest BCUT2D eigenvalue weighted by Gasteiger charge is 2.27. The number of rotatable bonds is 5. The molecule has 0 aliphatic rings. The van der Waals surface area contributed by atoms with E-state index in [4.69, 9.17) is 0 Å². The second-order valence-electron chi connectivity index (χ2n) is 5.34. The molecule has 0 fully saturated rings. The van der Waals surface area contributed by atoms with Crippen molar-refractivity contribution < 1.29 is 4.79 Å². The van der Waals surface area contributed by atoms with Crippen LogP contribution in [0.25, 0.3) is 10.9 Å². The summed E-state index contributed by atoms with van der Waals surface area (Å²) in [6, 6.07) is 8.00. The summed E-state index contributed by atoms with van der Waals surface area (Å²) in [5.41, 5.74) is 1.41. The van der Waals surface area contributed by atoms with Gasteiger partial charge in [-0.2, -0.15) is 5.10 Å². The third-order valence-corrected chi connectivity index (χ3v) is 3.48. The number of nitrogens with zero attached hydrogens (tertiary/aromatic N) is 2. The molecule has 0 aliphatic carbocycles. The predicted octanol–water partition coefficient (Wildman–Crippen LogP) is 2.07. The van der Waals surface area contributed by atoms with Crippen molar-refractivity contribution in [1.29, 1.82) is 0 Å². The summed E-state index contributed by atoms with van der Waals surface area (Å²) >= 11 is 0. The molecule has 0 amide bonds. The molecule has 0 bridgehead atoms. The molecule has 102 valence electrons. The first-order valence-corrected chi connectivity index (χ1v) is 6.64. The number of hydrogen-bond acceptors (Lipinski definition) is 3. The summed E-state index contributed by atoms with van der Waals surface area (Å²) < 4.78 is 1.83. The third kappa shape index (κ3) is 2.68. The van der Waals surface area contributed by atoms with Gasteiger partial charge >= 0.3 is 0 Å². The molecular formula is C15H21N3O. The number of carbonyl (C=O) groups excluding carboxylic acids is 1. The maximum Gasteiger partial charge on any atom is 0.158 e. The Morgan fingerprint density at radius 1 is 1.37 bits per heavy atom. The number of nitrogens with one attached hydrogen (secondary N) is 1. The lowest BCUT2D eigenvalue weighted by Crippen LogP contribution is -2.47. The lowest BCUT2D eigenvalue weighted by molar-refractivity contribution is -0.123. The van der Waals surface area contributed by atoms with Gasteiger partial charge < -0.3 is 5.32 Å². The number of fused-ring (bicyclic) bond motifs is 1. The summed E-state index contributed by atoms with van der Waals surface area (Å²) in [5, 5.41) is 8.74. The molecule has 0 radical (unpaired) electrons. The van der Waals surface area contributed by atoms with Crippen molar-refractivity contribution >= 4 is 16.7 Å². The maximum absolute atomic E-state index is 12.4. The smallest absolute Gasteiger partial charge is 0.158 e. The number of aryl methyl sites for hydroxylation is 1. The normalized spacial score (nSPS) is 12.0.